The number of nitrogens with zero attached hydrogens (tertiary/aromatic N) is 5. The third-order valence-corrected chi connectivity index (χ3v) is 8.71. The zero-order valence-corrected chi connectivity index (χ0v) is 20.0. The third kappa shape index (κ3) is 4.42. The van der Waals surface area contributed by atoms with Crippen LogP contribution in [0.3, 0.4) is 0 Å². The number of amides is 2. The average molecular weight is 538 g/mol. The highest BCUT2D eigenvalue weighted by Crippen LogP contribution is 3.02. The molecule has 2 aromatic rings. The molecule has 36 heavy (non-hydrogen) atoms. The number of hydrogen-bond acceptors (Lipinski definition) is 4. The molecule has 2 aliphatic carbocycles. The highest BCUT2D eigenvalue weighted by atomic mass is 32.5. The Balaban J connectivity index is 0.933. The summed E-state index contributed by atoms with van der Waals surface area (Å²) in [5.41, 5.74) is -0.127. The van der Waals surface area contributed by atoms with E-state index < -0.39 is 27.0 Å². The maximum absolute atomic E-state index is 14.0. The van der Waals surface area contributed by atoms with Crippen LogP contribution in [-0.2, 0) is 11.3 Å². The van der Waals surface area contributed by atoms with E-state index >= 15 is 0 Å². The fraction of sp³-hybridized carbons (Fsp3) is 0.591. The van der Waals surface area contributed by atoms with Gasteiger partial charge in [-0.15, -0.1) is 0 Å². The summed E-state index contributed by atoms with van der Waals surface area (Å²) in [5.74, 6) is 0.0384. The smallest absolute Gasteiger partial charge is 0.320 e. The molecule has 0 N–H and O–H groups in total. The fourth-order valence-corrected chi connectivity index (χ4v) is 5.92. The Kier molecular flexibility index (Phi) is 4.70. The van der Waals surface area contributed by atoms with Gasteiger partial charge in [0.25, 0.3) is 0 Å². The van der Waals surface area contributed by atoms with Gasteiger partial charge in [-0.3, -0.25) is 0 Å². The van der Waals surface area contributed by atoms with Crippen molar-refractivity contribution in [2.45, 2.75) is 55.2 Å². The molecule has 0 unspecified atom stereocenters. The van der Waals surface area contributed by atoms with E-state index in [0.717, 1.165) is 31.5 Å². The Morgan fingerprint density at radius 3 is 2.39 bits per heavy atom. The van der Waals surface area contributed by atoms with E-state index in [9.17, 15) is 28.6 Å². The number of ether oxygens (including phenoxy) is 1. The molecule has 1 aromatic carbocycles. The second-order valence-electron chi connectivity index (χ2n) is 10.6. The predicted octanol–water partition coefficient (Wildman–Crippen LogP) is 5.61. The second-order valence-corrected chi connectivity index (χ2v) is 13.0. The number of likely N-dealkylation sites (tertiary alicyclic amines) is 2. The molecular weight excluding hydrogens is 512 g/mol. The molecule has 4 fully saturated rings. The minimum Gasteiger partial charge on any atom is -0.370 e. The van der Waals surface area contributed by atoms with Crippen molar-refractivity contribution in [3.8, 4) is 0 Å². The molecule has 4 aliphatic rings. The van der Waals surface area contributed by atoms with Gasteiger partial charge < -0.3 is 14.5 Å². The number of aromatic nitrogens is 3. The summed E-state index contributed by atoms with van der Waals surface area (Å²) in [6.07, 6.45) is 5.64. The van der Waals surface area contributed by atoms with Crippen molar-refractivity contribution in [1.29, 1.82) is 0 Å². The van der Waals surface area contributed by atoms with Crippen LogP contribution in [0.1, 0.15) is 49.0 Å². The van der Waals surface area contributed by atoms with E-state index in [0.29, 0.717) is 31.1 Å². The van der Waals surface area contributed by atoms with E-state index in [-0.39, 0.29) is 48.8 Å². The lowest BCUT2D eigenvalue weighted by Crippen LogP contribution is -2.68. The predicted molar refractivity (Wildman–Crippen MR) is 118 cm³/mol. The topological polar surface area (TPSA) is 63.5 Å². The van der Waals surface area contributed by atoms with Crippen molar-refractivity contribution >= 4 is 16.3 Å². The molecule has 2 saturated heterocycles. The second kappa shape index (κ2) is 7.09. The highest BCUT2D eigenvalue weighted by Gasteiger charge is 2.65. The monoisotopic (exact) mass is 537 g/mol. The number of hydrogen-bond donors (Lipinski definition) is 0. The molecule has 1 spiro atoms. The Hall–Kier alpha value is -2.48. The average Bonchev–Trinajstić information content (AvgIpc) is 3.42. The summed E-state index contributed by atoms with van der Waals surface area (Å²) < 4.78 is 85.4. The molecule has 0 atom stereocenters. The van der Waals surface area contributed by atoms with Crippen molar-refractivity contribution < 1.29 is 33.4 Å². The molecule has 7 nitrogen and oxygen atoms in total. The zero-order chi connectivity index (χ0) is 25.6. The van der Waals surface area contributed by atoms with Crippen LogP contribution in [0.25, 0.3) is 0 Å². The molecule has 14 heteroatoms. The van der Waals surface area contributed by atoms with Crippen LogP contribution < -0.4 is 0 Å². The maximum Gasteiger partial charge on any atom is 0.320 e. The largest absolute Gasteiger partial charge is 0.370 e. The highest BCUT2D eigenvalue weighted by molar-refractivity contribution is 8.45. The van der Waals surface area contributed by atoms with Crippen LogP contribution in [0.5, 0.6) is 0 Å². The molecule has 0 radical (unpaired) electrons. The number of carbonyl (C=O) groups is 1. The van der Waals surface area contributed by atoms with Gasteiger partial charge in [0.05, 0.1) is 31.8 Å². The Morgan fingerprint density at radius 1 is 1.08 bits per heavy atom. The van der Waals surface area contributed by atoms with Gasteiger partial charge in [-0.25, -0.2) is 18.9 Å². The summed E-state index contributed by atoms with van der Waals surface area (Å²) in [6, 6.07) is 0.840. The lowest BCUT2D eigenvalue weighted by atomic mass is 9.61. The summed E-state index contributed by atoms with van der Waals surface area (Å²) in [4.78, 5) is 18.2. The van der Waals surface area contributed by atoms with Gasteiger partial charge in [0.2, 0.25) is 0 Å². The van der Waals surface area contributed by atoms with Gasteiger partial charge in [-0.2, -0.15) is 5.10 Å². The number of rotatable bonds is 6. The molecule has 0 bridgehead atoms. The lowest BCUT2D eigenvalue weighted by Gasteiger charge is -2.59. The summed E-state index contributed by atoms with van der Waals surface area (Å²) in [6.45, 7) is 1.53. The maximum atomic E-state index is 14.0. The van der Waals surface area contributed by atoms with Crippen LogP contribution in [0.15, 0.2) is 29.4 Å². The fourth-order valence-electron chi connectivity index (χ4n) is 5.27. The Bertz CT molecular complexity index is 1210. The first-order chi connectivity index (χ1) is 16.7. The number of carbonyl (C=O) groups excluding carboxylic acids is 1. The normalized spacial score (nSPS) is 24.1. The van der Waals surface area contributed by atoms with E-state index in [1.807, 2.05) is 4.68 Å². The summed E-state index contributed by atoms with van der Waals surface area (Å²) >= 11 is 0. The summed E-state index contributed by atoms with van der Waals surface area (Å²) in [7, 11) is -9.94. The molecule has 2 saturated carbocycles. The standard InChI is InChI=1S/C22H25F6N5O2S/c23-19-5-18(36(24,25,26,27)28)4-3-15(19)10-35-17-8-31(9-17)21(34)32-11-22(12-32)6-16(7-22)33-13-29-20(30-33)14-1-2-14/h3-5,13-14,16-17H,1-2,6-12H2. The van der Waals surface area contributed by atoms with E-state index in [1.165, 1.54) is 0 Å². The van der Waals surface area contributed by atoms with Crippen molar-refractivity contribution in [3.05, 3.63) is 41.7 Å². The van der Waals surface area contributed by atoms with Gasteiger partial charge in [0, 0.05) is 30.0 Å². The van der Waals surface area contributed by atoms with Gasteiger partial charge in [0.1, 0.15) is 17.0 Å². The van der Waals surface area contributed by atoms with Crippen molar-refractivity contribution in [1.82, 2.24) is 24.6 Å². The van der Waals surface area contributed by atoms with Gasteiger partial charge >= 0.3 is 16.3 Å². The van der Waals surface area contributed by atoms with Crippen LogP contribution in [-0.4, -0.2) is 62.9 Å². The molecule has 1 aromatic heterocycles. The molecule has 198 valence electrons. The number of benzene rings is 1. The lowest BCUT2D eigenvalue weighted by molar-refractivity contribution is -0.0925. The van der Waals surface area contributed by atoms with Crippen molar-refractivity contribution in [2.24, 2.45) is 5.41 Å². The first kappa shape index (κ1) is 23.9. The molecular formula is C22H25F6N5O2S. The van der Waals surface area contributed by atoms with Gasteiger partial charge in [0.15, 0.2) is 5.82 Å². The minimum absolute atomic E-state index is 0.105. The number of halogens is 6. The van der Waals surface area contributed by atoms with Gasteiger partial charge in [-0.1, -0.05) is 25.5 Å². The Morgan fingerprint density at radius 2 is 1.78 bits per heavy atom. The van der Waals surface area contributed by atoms with E-state index in [1.54, 1.807) is 16.1 Å². The quantitative estimate of drug-likeness (QED) is 0.450. The van der Waals surface area contributed by atoms with Crippen molar-refractivity contribution in [3.63, 3.8) is 0 Å². The Labute approximate surface area is 203 Å². The zero-order valence-electron chi connectivity index (χ0n) is 19.1. The van der Waals surface area contributed by atoms with E-state index in [4.69, 9.17) is 4.74 Å². The van der Waals surface area contributed by atoms with E-state index in [2.05, 4.69) is 10.1 Å². The van der Waals surface area contributed by atoms with Crippen LogP contribution in [0.4, 0.5) is 28.6 Å². The van der Waals surface area contributed by atoms with Crippen LogP contribution >= 0.6 is 10.2 Å². The summed E-state index contributed by atoms with van der Waals surface area (Å²) in [5, 5.41) is 4.59. The van der Waals surface area contributed by atoms with Gasteiger partial charge in [-0.05, 0) is 37.8 Å². The SMILES string of the molecule is O=C(N1CC(OCc2ccc(S(F)(F)(F)(F)F)cc2F)C1)N1CC2(CC(n3cnc(C4CC4)n3)C2)C1. The third-order valence-electron chi connectivity index (χ3n) is 7.57. The molecule has 2 aliphatic heterocycles. The molecule has 6 rings (SSSR count). The molecule has 2 amide bonds. The van der Waals surface area contributed by atoms with Crippen molar-refractivity contribution in [2.75, 3.05) is 26.2 Å². The first-order valence-corrected chi connectivity index (χ1v) is 13.7. The number of urea groups is 1. The minimum atomic E-state index is -9.94. The van der Waals surface area contributed by atoms with Crippen LogP contribution in [0.2, 0.25) is 0 Å². The van der Waals surface area contributed by atoms with Crippen LogP contribution in [0, 0.1) is 11.2 Å². The first-order valence-electron chi connectivity index (χ1n) is 11.8. The molecule has 3 heterocycles.